The van der Waals surface area contributed by atoms with E-state index in [4.69, 9.17) is 4.74 Å². The Bertz CT molecular complexity index is 514. The highest BCUT2D eigenvalue weighted by Gasteiger charge is 2.20. The molecule has 2 saturated carbocycles. The molecule has 2 aliphatic rings. The number of halogens is 1. The summed E-state index contributed by atoms with van der Waals surface area (Å²) in [6.07, 6.45) is 9.30. The number of hydrogen-bond donors (Lipinski definition) is 2. The first-order chi connectivity index (χ1) is 11.3. The van der Waals surface area contributed by atoms with Gasteiger partial charge < -0.3 is 15.4 Å². The zero-order valence-corrected chi connectivity index (χ0v) is 15.1. The van der Waals surface area contributed by atoms with Crippen LogP contribution < -0.4 is 10.6 Å². The third-order valence-corrected chi connectivity index (χ3v) is 4.66. The van der Waals surface area contributed by atoms with Gasteiger partial charge in [-0.05, 0) is 55.8 Å². The van der Waals surface area contributed by atoms with Crippen LogP contribution in [0.15, 0.2) is 24.3 Å². The van der Waals surface area contributed by atoms with E-state index in [-0.39, 0.29) is 18.3 Å². The predicted molar refractivity (Wildman–Crippen MR) is 99.6 cm³/mol. The lowest BCUT2D eigenvalue weighted by Crippen LogP contribution is -2.29. The smallest absolute Gasteiger partial charge is 0.238 e. The van der Waals surface area contributed by atoms with Crippen LogP contribution in [0.5, 0.6) is 0 Å². The summed E-state index contributed by atoms with van der Waals surface area (Å²) in [5.74, 6) is 0.819. The average Bonchev–Trinajstić information content (AvgIpc) is 3.39. The Hall–Kier alpha value is -1.10. The highest BCUT2D eigenvalue weighted by Crippen LogP contribution is 2.27. The van der Waals surface area contributed by atoms with Crippen LogP contribution in [0.3, 0.4) is 0 Å². The molecule has 0 aromatic heterocycles. The van der Waals surface area contributed by atoms with Crippen molar-refractivity contribution in [2.45, 2.75) is 57.7 Å². The number of benzene rings is 1. The minimum atomic E-state index is 0. The van der Waals surface area contributed by atoms with Crippen LogP contribution in [0.25, 0.3) is 0 Å². The first-order valence-corrected chi connectivity index (χ1v) is 9.01. The van der Waals surface area contributed by atoms with Crippen LogP contribution in [0.4, 0.5) is 5.69 Å². The molecule has 24 heavy (non-hydrogen) atoms. The molecule has 0 bridgehead atoms. The Kier molecular flexibility index (Phi) is 8.03. The molecule has 0 radical (unpaired) electrons. The van der Waals surface area contributed by atoms with E-state index in [1.807, 2.05) is 18.2 Å². The first-order valence-electron chi connectivity index (χ1n) is 9.01. The van der Waals surface area contributed by atoms with E-state index >= 15 is 0 Å². The van der Waals surface area contributed by atoms with Gasteiger partial charge in [0.15, 0.2) is 0 Å². The molecule has 0 unspecified atom stereocenters. The monoisotopic (exact) mass is 352 g/mol. The molecule has 1 amide bonds. The molecule has 0 saturated heterocycles. The third kappa shape index (κ3) is 6.80. The lowest BCUT2D eigenvalue weighted by molar-refractivity contribution is -0.115. The van der Waals surface area contributed by atoms with Gasteiger partial charge in [0, 0.05) is 5.69 Å². The average molecular weight is 353 g/mol. The van der Waals surface area contributed by atoms with Gasteiger partial charge in [-0.15, -0.1) is 12.4 Å². The summed E-state index contributed by atoms with van der Waals surface area (Å²) in [7, 11) is 0. The molecule has 2 N–H and O–H groups in total. The Morgan fingerprint density at radius 3 is 2.67 bits per heavy atom. The molecular formula is C19H29ClN2O2. The number of rotatable bonds is 8. The lowest BCUT2D eigenvalue weighted by Gasteiger charge is -2.22. The summed E-state index contributed by atoms with van der Waals surface area (Å²) < 4.78 is 6.00. The van der Waals surface area contributed by atoms with Crippen molar-refractivity contribution in [3.63, 3.8) is 0 Å². The Morgan fingerprint density at radius 2 is 1.92 bits per heavy atom. The van der Waals surface area contributed by atoms with Crippen molar-refractivity contribution in [2.75, 3.05) is 18.4 Å². The van der Waals surface area contributed by atoms with Gasteiger partial charge in [-0.1, -0.05) is 31.4 Å². The summed E-state index contributed by atoms with van der Waals surface area (Å²) in [6.45, 7) is 1.98. The Morgan fingerprint density at radius 1 is 1.12 bits per heavy atom. The molecule has 2 fully saturated rings. The second-order valence-electron chi connectivity index (χ2n) is 6.89. The summed E-state index contributed by atoms with van der Waals surface area (Å²) in [5.41, 5.74) is 1.98. The molecular weight excluding hydrogens is 324 g/mol. The number of hydrogen-bond acceptors (Lipinski definition) is 3. The topological polar surface area (TPSA) is 50.4 Å². The van der Waals surface area contributed by atoms with Gasteiger partial charge in [-0.3, -0.25) is 4.79 Å². The van der Waals surface area contributed by atoms with Gasteiger partial charge in [0.1, 0.15) is 0 Å². The van der Waals surface area contributed by atoms with Crippen LogP contribution >= 0.6 is 12.4 Å². The van der Waals surface area contributed by atoms with Crippen LogP contribution in [0, 0.1) is 5.92 Å². The molecule has 0 heterocycles. The van der Waals surface area contributed by atoms with E-state index in [0.29, 0.717) is 19.3 Å². The fourth-order valence-corrected chi connectivity index (χ4v) is 3.10. The minimum absolute atomic E-state index is 0. The third-order valence-electron chi connectivity index (χ3n) is 4.66. The molecule has 3 rings (SSSR count). The van der Waals surface area contributed by atoms with Crippen LogP contribution in [-0.2, 0) is 16.1 Å². The predicted octanol–water partition coefficient (Wildman–Crippen LogP) is 3.90. The quantitative estimate of drug-likeness (QED) is 0.746. The molecule has 134 valence electrons. The minimum Gasteiger partial charge on any atom is -0.374 e. The maximum absolute atomic E-state index is 11.9. The van der Waals surface area contributed by atoms with Crippen molar-refractivity contribution in [3.8, 4) is 0 Å². The van der Waals surface area contributed by atoms with E-state index in [2.05, 4.69) is 16.7 Å². The van der Waals surface area contributed by atoms with E-state index in [0.717, 1.165) is 23.7 Å². The SMILES string of the molecule is Cl.O=C(CNCC1CC1)Nc1cccc(COC2CCCCC2)c1. The number of amides is 1. The Balaban J connectivity index is 0.00000208. The van der Waals surface area contributed by atoms with Crippen molar-refractivity contribution in [3.05, 3.63) is 29.8 Å². The van der Waals surface area contributed by atoms with Crippen molar-refractivity contribution in [1.82, 2.24) is 5.32 Å². The fraction of sp³-hybridized carbons (Fsp3) is 0.632. The number of anilines is 1. The van der Waals surface area contributed by atoms with Crippen molar-refractivity contribution in [1.29, 1.82) is 0 Å². The summed E-state index contributed by atoms with van der Waals surface area (Å²) in [5, 5.41) is 6.17. The highest BCUT2D eigenvalue weighted by molar-refractivity contribution is 5.92. The summed E-state index contributed by atoms with van der Waals surface area (Å²) >= 11 is 0. The van der Waals surface area contributed by atoms with Crippen molar-refractivity contribution < 1.29 is 9.53 Å². The summed E-state index contributed by atoms with van der Waals surface area (Å²) in [6, 6.07) is 7.99. The van der Waals surface area contributed by atoms with E-state index < -0.39 is 0 Å². The molecule has 0 atom stereocenters. The number of carbonyl (C=O) groups is 1. The molecule has 5 heteroatoms. The second kappa shape index (κ2) is 10.0. The van der Waals surface area contributed by atoms with Crippen LogP contribution in [0.2, 0.25) is 0 Å². The van der Waals surface area contributed by atoms with Crippen LogP contribution in [-0.4, -0.2) is 25.1 Å². The zero-order chi connectivity index (χ0) is 15.9. The van der Waals surface area contributed by atoms with Crippen molar-refractivity contribution in [2.24, 2.45) is 5.92 Å². The fourth-order valence-electron chi connectivity index (χ4n) is 3.10. The number of ether oxygens (including phenoxy) is 1. The first kappa shape index (κ1) is 19.2. The van der Waals surface area contributed by atoms with Gasteiger partial charge in [-0.2, -0.15) is 0 Å². The molecule has 1 aromatic carbocycles. The van der Waals surface area contributed by atoms with Gasteiger partial charge in [-0.25, -0.2) is 0 Å². The molecule has 0 aliphatic heterocycles. The molecule has 4 nitrogen and oxygen atoms in total. The number of carbonyl (C=O) groups excluding carboxylic acids is 1. The maximum Gasteiger partial charge on any atom is 0.238 e. The largest absolute Gasteiger partial charge is 0.374 e. The highest BCUT2D eigenvalue weighted by atomic mass is 35.5. The molecule has 0 spiro atoms. The molecule has 2 aliphatic carbocycles. The standard InChI is InChI=1S/C19H28N2O2.ClH/c22-19(13-20-12-15-9-10-15)21-17-6-4-5-16(11-17)14-23-18-7-2-1-3-8-18;/h4-6,11,15,18,20H,1-3,7-10,12-14H2,(H,21,22);1H. The van der Waals surface area contributed by atoms with E-state index in [9.17, 15) is 4.79 Å². The normalized spacial score (nSPS) is 18.0. The van der Waals surface area contributed by atoms with E-state index in [1.165, 1.54) is 44.9 Å². The second-order valence-corrected chi connectivity index (χ2v) is 6.89. The van der Waals surface area contributed by atoms with Crippen LogP contribution in [0.1, 0.15) is 50.5 Å². The van der Waals surface area contributed by atoms with Gasteiger partial charge >= 0.3 is 0 Å². The van der Waals surface area contributed by atoms with E-state index in [1.54, 1.807) is 0 Å². The summed E-state index contributed by atoms with van der Waals surface area (Å²) in [4.78, 5) is 11.9. The zero-order valence-electron chi connectivity index (χ0n) is 14.3. The Labute approximate surface area is 151 Å². The number of nitrogens with one attached hydrogen (secondary N) is 2. The van der Waals surface area contributed by atoms with Gasteiger partial charge in [0.05, 0.1) is 19.3 Å². The van der Waals surface area contributed by atoms with Gasteiger partial charge in [0.2, 0.25) is 5.91 Å². The van der Waals surface area contributed by atoms with Gasteiger partial charge in [0.25, 0.3) is 0 Å². The lowest BCUT2D eigenvalue weighted by atomic mass is 9.98. The van der Waals surface area contributed by atoms with Crippen molar-refractivity contribution >= 4 is 24.0 Å². The molecule has 1 aromatic rings. The maximum atomic E-state index is 11.9.